The molecule has 0 fully saturated rings. The summed E-state index contributed by atoms with van der Waals surface area (Å²) >= 11 is 1.20. The minimum Gasteiger partial charge on any atom is -0.481 e. The molecule has 0 aliphatic rings. The van der Waals surface area contributed by atoms with Crippen molar-refractivity contribution in [2.24, 2.45) is 5.92 Å². The lowest BCUT2D eigenvalue weighted by atomic mass is 10.0. The van der Waals surface area contributed by atoms with Crippen molar-refractivity contribution in [3.63, 3.8) is 0 Å². The zero-order valence-electron chi connectivity index (χ0n) is 13.5. The van der Waals surface area contributed by atoms with E-state index in [1.807, 2.05) is 0 Å². The molecule has 0 bridgehead atoms. The second-order valence-corrected chi connectivity index (χ2v) is 6.54. The van der Waals surface area contributed by atoms with E-state index in [4.69, 9.17) is 5.11 Å². The van der Waals surface area contributed by atoms with Gasteiger partial charge in [-0.05, 0) is 30.2 Å². The highest BCUT2D eigenvalue weighted by atomic mass is 32.2. The lowest BCUT2D eigenvalue weighted by molar-refractivity contribution is -0.133. The summed E-state index contributed by atoms with van der Waals surface area (Å²) in [5.41, 5.74) is 0.270. The lowest BCUT2D eigenvalue weighted by Gasteiger charge is -2.21. The number of carboxylic acids is 1. The summed E-state index contributed by atoms with van der Waals surface area (Å²) in [5.74, 6) is -1.83. The minimum absolute atomic E-state index is 0.0230. The molecule has 1 unspecified atom stereocenters. The van der Waals surface area contributed by atoms with Crippen LogP contribution in [0.5, 0.6) is 0 Å². The Morgan fingerprint density at radius 3 is 2.38 bits per heavy atom. The highest BCUT2D eigenvalue weighted by Gasteiger charge is 2.24. The van der Waals surface area contributed by atoms with Crippen LogP contribution in [0, 0.1) is 11.7 Å². The van der Waals surface area contributed by atoms with Gasteiger partial charge in [-0.1, -0.05) is 13.8 Å². The monoisotopic (exact) mass is 356 g/mol. The van der Waals surface area contributed by atoms with Gasteiger partial charge in [0, 0.05) is 17.9 Å². The smallest absolute Gasteiger partial charge is 0.313 e. The predicted octanol–water partition coefficient (Wildman–Crippen LogP) is 1.51. The van der Waals surface area contributed by atoms with Crippen LogP contribution in [0.4, 0.5) is 4.39 Å². The number of carbonyl (C=O) groups excluding carboxylic acids is 2. The molecular formula is C16H21FN2O4S. The van der Waals surface area contributed by atoms with Crippen LogP contribution in [0.15, 0.2) is 24.3 Å². The molecule has 0 saturated heterocycles. The molecule has 1 atom stereocenters. The molecule has 0 aliphatic heterocycles. The van der Waals surface area contributed by atoms with E-state index in [0.29, 0.717) is 12.3 Å². The summed E-state index contributed by atoms with van der Waals surface area (Å²) in [5, 5.41) is 13.8. The first kappa shape index (κ1) is 20.0. The molecule has 2 amide bonds. The molecule has 1 rings (SSSR count). The molecule has 0 aliphatic carbocycles. The molecule has 132 valence electrons. The van der Waals surface area contributed by atoms with Crippen molar-refractivity contribution in [1.82, 2.24) is 10.6 Å². The molecule has 8 heteroatoms. The highest BCUT2D eigenvalue weighted by Crippen LogP contribution is 2.07. The van der Waals surface area contributed by atoms with Crippen molar-refractivity contribution in [2.45, 2.75) is 19.9 Å². The molecule has 6 nitrogen and oxygen atoms in total. The van der Waals surface area contributed by atoms with Gasteiger partial charge >= 0.3 is 5.97 Å². The average molecular weight is 356 g/mol. The Morgan fingerprint density at radius 2 is 1.83 bits per heavy atom. The Balaban J connectivity index is 2.53. The summed E-state index contributed by atoms with van der Waals surface area (Å²) in [6.45, 7) is 3.91. The van der Waals surface area contributed by atoms with Gasteiger partial charge in [0.25, 0.3) is 5.91 Å². The van der Waals surface area contributed by atoms with Crippen molar-refractivity contribution >= 4 is 29.5 Å². The molecule has 0 saturated carbocycles. The second-order valence-electron chi connectivity index (χ2n) is 5.44. The SMILES string of the molecule is CC(C)C(NC(=O)c1ccc(F)cc1)C(=O)NCCSCC(=O)O. The Bertz CT molecular complexity index is 578. The number of halogens is 1. The lowest BCUT2D eigenvalue weighted by Crippen LogP contribution is -2.50. The van der Waals surface area contributed by atoms with Gasteiger partial charge in [0.1, 0.15) is 11.9 Å². The quantitative estimate of drug-likeness (QED) is 0.583. The Hall–Kier alpha value is -2.09. The van der Waals surface area contributed by atoms with Crippen LogP contribution in [0.3, 0.4) is 0 Å². The molecule has 3 N–H and O–H groups in total. The van der Waals surface area contributed by atoms with Gasteiger partial charge in [0.15, 0.2) is 0 Å². The van der Waals surface area contributed by atoms with Crippen molar-refractivity contribution in [3.8, 4) is 0 Å². The highest BCUT2D eigenvalue weighted by molar-refractivity contribution is 7.99. The van der Waals surface area contributed by atoms with E-state index >= 15 is 0 Å². The molecule has 0 radical (unpaired) electrons. The van der Waals surface area contributed by atoms with Gasteiger partial charge < -0.3 is 15.7 Å². The number of benzene rings is 1. The number of hydrogen-bond donors (Lipinski definition) is 3. The van der Waals surface area contributed by atoms with Crippen molar-refractivity contribution < 1.29 is 23.9 Å². The standard InChI is InChI=1S/C16H21FN2O4S/c1-10(2)14(16(23)18-7-8-24-9-13(20)21)19-15(22)11-3-5-12(17)6-4-11/h3-6,10,14H,7-9H2,1-2H3,(H,18,23)(H,19,22)(H,20,21). The number of carboxylic acid groups (broad SMARTS) is 1. The summed E-state index contributed by atoms with van der Waals surface area (Å²) in [6, 6.07) is 4.33. The van der Waals surface area contributed by atoms with E-state index in [2.05, 4.69) is 10.6 Å². The van der Waals surface area contributed by atoms with Gasteiger partial charge in [-0.3, -0.25) is 14.4 Å². The predicted molar refractivity (Wildman–Crippen MR) is 90.5 cm³/mol. The summed E-state index contributed by atoms with van der Waals surface area (Å²) in [4.78, 5) is 34.7. The maximum absolute atomic E-state index is 12.9. The van der Waals surface area contributed by atoms with Crippen LogP contribution < -0.4 is 10.6 Å². The van der Waals surface area contributed by atoms with Gasteiger partial charge in [-0.2, -0.15) is 0 Å². The summed E-state index contributed by atoms with van der Waals surface area (Å²) in [6.07, 6.45) is 0. The van der Waals surface area contributed by atoms with Crippen LogP contribution in [0.1, 0.15) is 24.2 Å². The van der Waals surface area contributed by atoms with Crippen LogP contribution in [-0.4, -0.2) is 47.0 Å². The Labute approximate surface area is 144 Å². The van der Waals surface area contributed by atoms with E-state index in [1.54, 1.807) is 13.8 Å². The average Bonchev–Trinajstić information content (AvgIpc) is 2.51. The summed E-state index contributed by atoms with van der Waals surface area (Å²) in [7, 11) is 0. The third-order valence-electron chi connectivity index (χ3n) is 3.11. The maximum atomic E-state index is 12.9. The van der Waals surface area contributed by atoms with E-state index < -0.39 is 23.7 Å². The van der Waals surface area contributed by atoms with Gasteiger partial charge in [0.2, 0.25) is 5.91 Å². The van der Waals surface area contributed by atoms with E-state index in [1.165, 1.54) is 36.0 Å². The number of nitrogens with one attached hydrogen (secondary N) is 2. The molecule has 1 aromatic carbocycles. The van der Waals surface area contributed by atoms with Crippen LogP contribution in [0.25, 0.3) is 0 Å². The largest absolute Gasteiger partial charge is 0.481 e. The third-order valence-corrected chi connectivity index (χ3v) is 4.06. The zero-order chi connectivity index (χ0) is 18.1. The Kier molecular flexibility index (Phi) is 8.25. The normalized spacial score (nSPS) is 11.8. The van der Waals surface area contributed by atoms with Crippen molar-refractivity contribution in [1.29, 1.82) is 0 Å². The van der Waals surface area contributed by atoms with E-state index in [9.17, 15) is 18.8 Å². The fourth-order valence-corrected chi connectivity index (χ4v) is 2.44. The molecule has 1 aromatic rings. The first-order chi connectivity index (χ1) is 11.3. The molecular weight excluding hydrogens is 335 g/mol. The summed E-state index contributed by atoms with van der Waals surface area (Å²) < 4.78 is 12.9. The number of carbonyl (C=O) groups is 3. The van der Waals surface area contributed by atoms with Gasteiger partial charge in [-0.15, -0.1) is 11.8 Å². The number of aliphatic carboxylic acids is 1. The van der Waals surface area contributed by atoms with E-state index in [-0.39, 0.29) is 23.1 Å². The fourth-order valence-electron chi connectivity index (χ4n) is 1.88. The van der Waals surface area contributed by atoms with Crippen LogP contribution in [-0.2, 0) is 9.59 Å². The first-order valence-corrected chi connectivity index (χ1v) is 8.60. The van der Waals surface area contributed by atoms with Gasteiger partial charge in [0.05, 0.1) is 5.75 Å². The van der Waals surface area contributed by atoms with E-state index in [0.717, 1.165) is 0 Å². The Morgan fingerprint density at radius 1 is 1.21 bits per heavy atom. The van der Waals surface area contributed by atoms with Crippen molar-refractivity contribution in [3.05, 3.63) is 35.6 Å². The molecule has 0 spiro atoms. The number of hydrogen-bond acceptors (Lipinski definition) is 4. The fraction of sp³-hybridized carbons (Fsp3) is 0.438. The molecule has 24 heavy (non-hydrogen) atoms. The molecule has 0 heterocycles. The first-order valence-electron chi connectivity index (χ1n) is 7.45. The minimum atomic E-state index is -0.905. The second kappa shape index (κ2) is 9.92. The maximum Gasteiger partial charge on any atom is 0.313 e. The van der Waals surface area contributed by atoms with Crippen LogP contribution >= 0.6 is 11.8 Å². The number of amides is 2. The zero-order valence-corrected chi connectivity index (χ0v) is 14.4. The third kappa shape index (κ3) is 6.99. The van der Waals surface area contributed by atoms with Crippen molar-refractivity contribution in [2.75, 3.05) is 18.1 Å². The number of thioether (sulfide) groups is 1. The topological polar surface area (TPSA) is 95.5 Å². The van der Waals surface area contributed by atoms with Gasteiger partial charge in [-0.25, -0.2) is 4.39 Å². The molecule has 0 aromatic heterocycles. The number of rotatable bonds is 9. The van der Waals surface area contributed by atoms with Crippen LogP contribution in [0.2, 0.25) is 0 Å².